The second-order valence-corrected chi connectivity index (χ2v) is 12.0. The van der Waals surface area contributed by atoms with E-state index in [2.05, 4.69) is 12.2 Å². The van der Waals surface area contributed by atoms with Crippen LogP contribution in [0.4, 0.5) is 11.4 Å². The van der Waals surface area contributed by atoms with Gasteiger partial charge in [0.05, 0.1) is 10.8 Å². The summed E-state index contributed by atoms with van der Waals surface area (Å²) in [6.07, 6.45) is 4.71. The number of hydrogen-bond donors (Lipinski definition) is 1. The van der Waals surface area contributed by atoms with Gasteiger partial charge in [0.2, 0.25) is 21.8 Å². The molecular weight excluding hydrogens is 462 g/mol. The second-order valence-electron chi connectivity index (χ2n) is 10.1. The van der Waals surface area contributed by atoms with Crippen molar-refractivity contribution < 1.29 is 18.0 Å². The number of hydrogen-bond acceptors (Lipinski definition) is 4. The molecule has 5 rings (SSSR count). The summed E-state index contributed by atoms with van der Waals surface area (Å²) in [6.45, 7) is 4.64. The quantitative estimate of drug-likeness (QED) is 0.657. The summed E-state index contributed by atoms with van der Waals surface area (Å²) >= 11 is 0. The number of carbonyl (C=O) groups is 2. The number of anilines is 2. The van der Waals surface area contributed by atoms with E-state index < -0.39 is 15.9 Å². The number of nitrogens with one attached hydrogen (secondary N) is 1. The maximum absolute atomic E-state index is 13.5. The van der Waals surface area contributed by atoms with Crippen molar-refractivity contribution >= 4 is 33.2 Å². The van der Waals surface area contributed by atoms with Gasteiger partial charge in [-0.25, -0.2) is 8.42 Å². The Hall–Kier alpha value is -2.71. The summed E-state index contributed by atoms with van der Waals surface area (Å²) in [5, 5.41) is 2.97. The predicted molar refractivity (Wildman–Crippen MR) is 136 cm³/mol. The van der Waals surface area contributed by atoms with Crippen molar-refractivity contribution in [3.63, 3.8) is 0 Å². The standard InChI is InChI=1S/C27H33N3O4S/c1-3-19-6-4-8-23(15-19)28-26(31)21-7-5-13-29(17-21)35(33,34)24-11-12-25-22(16-24)14-18(2)30(25)27(32)20-9-10-20/h4,6,8,11-12,15-16,18,20-21H,3,5,7,9-10,13-14,17H2,1-2H3,(H,28,31)/t18-,21-/m0/s1. The summed E-state index contributed by atoms with van der Waals surface area (Å²) in [5.41, 5.74) is 3.61. The topological polar surface area (TPSA) is 86.8 Å². The average Bonchev–Trinajstić information content (AvgIpc) is 3.65. The maximum Gasteiger partial charge on any atom is 0.243 e. The number of benzene rings is 2. The molecule has 0 unspecified atom stereocenters. The summed E-state index contributed by atoms with van der Waals surface area (Å²) in [5.74, 6) is -0.269. The SMILES string of the molecule is CCc1cccc(NC(=O)[C@H]2CCCN(S(=O)(=O)c3ccc4c(c3)C[C@H](C)N4C(=O)C3CC3)C2)c1. The van der Waals surface area contributed by atoms with E-state index in [-0.39, 0.29) is 35.2 Å². The monoisotopic (exact) mass is 495 g/mol. The van der Waals surface area contributed by atoms with Crippen LogP contribution >= 0.6 is 0 Å². The van der Waals surface area contributed by atoms with E-state index in [1.165, 1.54) is 4.31 Å². The van der Waals surface area contributed by atoms with E-state index in [9.17, 15) is 18.0 Å². The molecule has 2 heterocycles. The van der Waals surface area contributed by atoms with Crippen LogP contribution in [0, 0.1) is 11.8 Å². The Morgan fingerprint density at radius 2 is 1.86 bits per heavy atom. The van der Waals surface area contributed by atoms with Gasteiger partial charge in [0.15, 0.2) is 0 Å². The molecule has 2 fully saturated rings. The molecule has 3 aliphatic rings. The molecular formula is C27H33N3O4S. The van der Waals surface area contributed by atoms with Gasteiger partial charge in [0.25, 0.3) is 0 Å². The fourth-order valence-corrected chi connectivity index (χ4v) is 6.84. The van der Waals surface area contributed by atoms with E-state index in [0.717, 1.165) is 41.8 Å². The highest BCUT2D eigenvalue weighted by Crippen LogP contribution is 2.40. The largest absolute Gasteiger partial charge is 0.326 e. The van der Waals surface area contributed by atoms with E-state index in [1.54, 1.807) is 18.2 Å². The second kappa shape index (κ2) is 9.39. The highest BCUT2D eigenvalue weighted by atomic mass is 32.2. The van der Waals surface area contributed by atoms with Crippen LogP contribution in [-0.4, -0.2) is 43.7 Å². The van der Waals surface area contributed by atoms with Crippen molar-refractivity contribution in [2.75, 3.05) is 23.3 Å². The molecule has 1 saturated carbocycles. The van der Waals surface area contributed by atoms with Gasteiger partial charge in [-0.05, 0) is 86.9 Å². The lowest BCUT2D eigenvalue weighted by molar-refractivity contribution is -0.121. The molecule has 2 aromatic rings. The van der Waals surface area contributed by atoms with Gasteiger partial charge in [-0.3, -0.25) is 9.59 Å². The molecule has 1 N–H and O–H groups in total. The maximum atomic E-state index is 13.5. The Morgan fingerprint density at radius 1 is 1.06 bits per heavy atom. The van der Waals surface area contributed by atoms with Crippen LogP contribution in [0.2, 0.25) is 0 Å². The minimum Gasteiger partial charge on any atom is -0.326 e. The molecule has 1 saturated heterocycles. The van der Waals surface area contributed by atoms with Gasteiger partial charge < -0.3 is 10.2 Å². The van der Waals surface area contributed by atoms with Crippen molar-refractivity contribution in [3.8, 4) is 0 Å². The Bertz CT molecular complexity index is 1250. The van der Waals surface area contributed by atoms with Crippen LogP contribution in [0.1, 0.15) is 50.7 Å². The number of piperidine rings is 1. The number of sulfonamides is 1. The number of aryl methyl sites for hydroxylation is 1. The van der Waals surface area contributed by atoms with Crippen LogP contribution in [0.5, 0.6) is 0 Å². The molecule has 2 aliphatic heterocycles. The highest BCUT2D eigenvalue weighted by molar-refractivity contribution is 7.89. The molecule has 2 atom stereocenters. The fraction of sp³-hybridized carbons (Fsp3) is 0.481. The van der Waals surface area contributed by atoms with Crippen LogP contribution in [0.25, 0.3) is 0 Å². The number of nitrogens with zero attached hydrogens (tertiary/aromatic N) is 2. The molecule has 1 aliphatic carbocycles. The summed E-state index contributed by atoms with van der Waals surface area (Å²) in [6, 6.07) is 12.9. The summed E-state index contributed by atoms with van der Waals surface area (Å²) < 4.78 is 28.5. The molecule has 0 spiro atoms. The normalized spacial score (nSPS) is 22.6. The van der Waals surface area contributed by atoms with Crippen LogP contribution in [0.3, 0.4) is 0 Å². The fourth-order valence-electron chi connectivity index (χ4n) is 5.27. The molecule has 8 heteroatoms. The minimum absolute atomic E-state index is 0.0327. The summed E-state index contributed by atoms with van der Waals surface area (Å²) in [7, 11) is -3.74. The first-order valence-electron chi connectivity index (χ1n) is 12.6. The smallest absolute Gasteiger partial charge is 0.243 e. The first kappa shape index (κ1) is 24.0. The number of fused-ring (bicyclic) bond motifs is 1. The lowest BCUT2D eigenvalue weighted by Crippen LogP contribution is -2.43. The zero-order chi connectivity index (χ0) is 24.7. The van der Waals surface area contributed by atoms with Crippen molar-refractivity contribution in [2.24, 2.45) is 11.8 Å². The first-order valence-corrected chi connectivity index (χ1v) is 14.1. The summed E-state index contributed by atoms with van der Waals surface area (Å²) in [4.78, 5) is 27.8. The molecule has 0 aromatic heterocycles. The van der Waals surface area contributed by atoms with Crippen LogP contribution in [0.15, 0.2) is 47.4 Å². The van der Waals surface area contributed by atoms with E-state index in [0.29, 0.717) is 25.8 Å². The number of rotatable bonds is 6. The van der Waals surface area contributed by atoms with E-state index in [1.807, 2.05) is 36.1 Å². The molecule has 7 nitrogen and oxygen atoms in total. The minimum atomic E-state index is -3.74. The van der Waals surface area contributed by atoms with Gasteiger partial charge >= 0.3 is 0 Å². The zero-order valence-electron chi connectivity index (χ0n) is 20.4. The molecule has 2 amide bonds. The Balaban J connectivity index is 1.31. The van der Waals surface area contributed by atoms with Crippen molar-refractivity contribution in [2.45, 2.75) is 63.3 Å². The number of carbonyl (C=O) groups excluding carboxylic acids is 2. The first-order chi connectivity index (χ1) is 16.8. The third-order valence-electron chi connectivity index (χ3n) is 7.43. The van der Waals surface area contributed by atoms with Crippen molar-refractivity contribution in [1.82, 2.24) is 4.31 Å². The molecule has 186 valence electrons. The van der Waals surface area contributed by atoms with E-state index >= 15 is 0 Å². The molecule has 0 bridgehead atoms. The zero-order valence-corrected chi connectivity index (χ0v) is 21.2. The highest BCUT2D eigenvalue weighted by Gasteiger charge is 2.40. The van der Waals surface area contributed by atoms with Gasteiger partial charge in [0, 0.05) is 36.4 Å². The van der Waals surface area contributed by atoms with Crippen LogP contribution < -0.4 is 10.2 Å². The average molecular weight is 496 g/mol. The van der Waals surface area contributed by atoms with Gasteiger partial charge in [-0.2, -0.15) is 4.31 Å². The predicted octanol–water partition coefficient (Wildman–Crippen LogP) is 3.98. The third-order valence-corrected chi connectivity index (χ3v) is 9.29. The van der Waals surface area contributed by atoms with Crippen molar-refractivity contribution in [3.05, 3.63) is 53.6 Å². The van der Waals surface area contributed by atoms with Gasteiger partial charge in [0.1, 0.15) is 0 Å². The van der Waals surface area contributed by atoms with Gasteiger partial charge in [-0.1, -0.05) is 19.1 Å². The lowest BCUT2D eigenvalue weighted by atomic mass is 9.98. The lowest BCUT2D eigenvalue weighted by Gasteiger charge is -2.31. The molecule has 2 aromatic carbocycles. The Labute approximate surface area is 207 Å². The number of amides is 2. The molecule has 35 heavy (non-hydrogen) atoms. The van der Waals surface area contributed by atoms with Gasteiger partial charge in [-0.15, -0.1) is 0 Å². The molecule has 0 radical (unpaired) electrons. The van der Waals surface area contributed by atoms with Crippen molar-refractivity contribution in [1.29, 1.82) is 0 Å². The Morgan fingerprint density at radius 3 is 2.60 bits per heavy atom. The van der Waals surface area contributed by atoms with Crippen LogP contribution in [-0.2, 0) is 32.5 Å². The van der Waals surface area contributed by atoms with E-state index in [4.69, 9.17) is 0 Å². The Kier molecular flexibility index (Phi) is 6.44. The third kappa shape index (κ3) is 4.74.